The summed E-state index contributed by atoms with van der Waals surface area (Å²) in [5.74, 6) is 0.0767. The number of hydrogen-bond acceptors (Lipinski definition) is 4. The fourth-order valence-corrected chi connectivity index (χ4v) is 2.79. The number of nitrogens with zero attached hydrogens (tertiary/aromatic N) is 1. The SMILES string of the molecule is CCc1cccc(C)c1NC(=O)CCNCCN1CCOCC1. The normalized spacial score (nSPS) is 15.6. The summed E-state index contributed by atoms with van der Waals surface area (Å²) in [5.41, 5.74) is 3.30. The van der Waals surface area contributed by atoms with Crippen LogP contribution in [0.3, 0.4) is 0 Å². The van der Waals surface area contributed by atoms with Gasteiger partial charge in [-0.2, -0.15) is 0 Å². The lowest BCUT2D eigenvalue weighted by molar-refractivity contribution is -0.116. The molecule has 5 heteroatoms. The van der Waals surface area contributed by atoms with Gasteiger partial charge < -0.3 is 15.4 Å². The molecule has 0 unspecified atom stereocenters. The maximum Gasteiger partial charge on any atom is 0.225 e. The fraction of sp³-hybridized carbons (Fsp3) is 0.611. The van der Waals surface area contributed by atoms with E-state index in [1.54, 1.807) is 0 Å². The number of para-hydroxylation sites is 1. The molecule has 128 valence electrons. The van der Waals surface area contributed by atoms with Crippen molar-refractivity contribution >= 4 is 11.6 Å². The van der Waals surface area contributed by atoms with Crippen molar-refractivity contribution in [2.24, 2.45) is 0 Å². The van der Waals surface area contributed by atoms with E-state index >= 15 is 0 Å². The number of morpholine rings is 1. The van der Waals surface area contributed by atoms with Crippen LogP contribution in [0.15, 0.2) is 18.2 Å². The Hall–Kier alpha value is -1.43. The highest BCUT2D eigenvalue weighted by atomic mass is 16.5. The molecule has 0 aromatic heterocycles. The zero-order valence-electron chi connectivity index (χ0n) is 14.4. The third-order valence-corrected chi connectivity index (χ3v) is 4.24. The van der Waals surface area contributed by atoms with Gasteiger partial charge in [-0.05, 0) is 24.5 Å². The molecule has 0 radical (unpaired) electrons. The topological polar surface area (TPSA) is 53.6 Å². The molecule has 23 heavy (non-hydrogen) atoms. The molecule has 0 atom stereocenters. The average Bonchev–Trinajstić information content (AvgIpc) is 2.57. The van der Waals surface area contributed by atoms with Crippen LogP contribution in [0.2, 0.25) is 0 Å². The molecule has 0 aliphatic carbocycles. The highest BCUT2D eigenvalue weighted by Crippen LogP contribution is 2.21. The van der Waals surface area contributed by atoms with Gasteiger partial charge in [0, 0.05) is 44.8 Å². The second-order valence-corrected chi connectivity index (χ2v) is 5.96. The zero-order chi connectivity index (χ0) is 16.5. The van der Waals surface area contributed by atoms with Gasteiger partial charge in [0.1, 0.15) is 0 Å². The van der Waals surface area contributed by atoms with Crippen LogP contribution in [-0.4, -0.2) is 56.7 Å². The molecular weight excluding hydrogens is 290 g/mol. The molecule has 0 bridgehead atoms. The number of carbonyl (C=O) groups excluding carboxylic acids is 1. The molecule has 0 spiro atoms. The first kappa shape index (κ1) is 17.9. The minimum absolute atomic E-state index is 0.0767. The molecule has 1 aliphatic rings. The van der Waals surface area contributed by atoms with E-state index in [4.69, 9.17) is 4.74 Å². The van der Waals surface area contributed by atoms with Crippen LogP contribution in [0.25, 0.3) is 0 Å². The summed E-state index contributed by atoms with van der Waals surface area (Å²) in [6.45, 7) is 10.5. The number of amides is 1. The first-order valence-electron chi connectivity index (χ1n) is 8.60. The standard InChI is InChI=1S/C18H29N3O2/c1-3-16-6-4-5-15(2)18(16)20-17(22)7-8-19-9-10-21-11-13-23-14-12-21/h4-6,19H,3,7-14H2,1-2H3,(H,20,22). The van der Waals surface area contributed by atoms with Crippen LogP contribution in [0.1, 0.15) is 24.5 Å². The number of carbonyl (C=O) groups is 1. The molecule has 2 rings (SSSR count). The monoisotopic (exact) mass is 319 g/mol. The second-order valence-electron chi connectivity index (χ2n) is 5.96. The largest absolute Gasteiger partial charge is 0.379 e. The van der Waals surface area contributed by atoms with Gasteiger partial charge in [-0.3, -0.25) is 9.69 Å². The van der Waals surface area contributed by atoms with Crippen LogP contribution >= 0.6 is 0 Å². The molecular formula is C18H29N3O2. The van der Waals surface area contributed by atoms with Gasteiger partial charge >= 0.3 is 0 Å². The van der Waals surface area contributed by atoms with Crippen LogP contribution in [0.4, 0.5) is 5.69 Å². The Morgan fingerprint density at radius 1 is 1.26 bits per heavy atom. The molecule has 1 heterocycles. The van der Waals surface area contributed by atoms with E-state index in [2.05, 4.69) is 28.5 Å². The van der Waals surface area contributed by atoms with E-state index in [9.17, 15) is 4.79 Å². The Morgan fingerprint density at radius 3 is 2.78 bits per heavy atom. The maximum atomic E-state index is 12.1. The van der Waals surface area contributed by atoms with Crippen LogP contribution in [0.5, 0.6) is 0 Å². The molecule has 5 nitrogen and oxygen atoms in total. The molecule has 1 fully saturated rings. The Balaban J connectivity index is 1.65. The van der Waals surface area contributed by atoms with Gasteiger partial charge in [0.05, 0.1) is 13.2 Å². The summed E-state index contributed by atoms with van der Waals surface area (Å²) in [6.07, 6.45) is 1.43. The minimum Gasteiger partial charge on any atom is -0.379 e. The van der Waals surface area contributed by atoms with E-state index < -0.39 is 0 Å². The predicted molar refractivity (Wildman–Crippen MR) is 93.9 cm³/mol. The summed E-state index contributed by atoms with van der Waals surface area (Å²) in [6, 6.07) is 6.15. The van der Waals surface area contributed by atoms with Crippen molar-refractivity contribution in [2.45, 2.75) is 26.7 Å². The lowest BCUT2D eigenvalue weighted by atomic mass is 10.1. The van der Waals surface area contributed by atoms with Gasteiger partial charge in [0.2, 0.25) is 5.91 Å². The van der Waals surface area contributed by atoms with E-state index in [0.29, 0.717) is 13.0 Å². The molecule has 2 N–H and O–H groups in total. The number of aryl methyl sites for hydroxylation is 2. The van der Waals surface area contributed by atoms with Gasteiger partial charge in [-0.25, -0.2) is 0 Å². The summed E-state index contributed by atoms with van der Waals surface area (Å²) >= 11 is 0. The Kier molecular flexibility index (Phi) is 7.52. The second kappa shape index (κ2) is 9.65. The third kappa shape index (κ3) is 5.94. The van der Waals surface area contributed by atoms with Crippen molar-refractivity contribution in [3.63, 3.8) is 0 Å². The molecule has 1 aliphatic heterocycles. The number of ether oxygens (including phenoxy) is 1. The van der Waals surface area contributed by atoms with Crippen molar-refractivity contribution in [1.82, 2.24) is 10.2 Å². The van der Waals surface area contributed by atoms with E-state index in [-0.39, 0.29) is 5.91 Å². The summed E-state index contributed by atoms with van der Waals surface area (Å²) in [4.78, 5) is 14.5. The van der Waals surface area contributed by atoms with E-state index in [1.807, 2.05) is 19.1 Å². The van der Waals surface area contributed by atoms with Gasteiger partial charge in [0.25, 0.3) is 0 Å². The molecule has 1 aromatic carbocycles. The van der Waals surface area contributed by atoms with Crippen molar-refractivity contribution in [2.75, 3.05) is 51.3 Å². The lowest BCUT2D eigenvalue weighted by Gasteiger charge is -2.26. The summed E-state index contributed by atoms with van der Waals surface area (Å²) in [5, 5.41) is 6.41. The molecule has 1 saturated heterocycles. The Morgan fingerprint density at radius 2 is 2.04 bits per heavy atom. The smallest absolute Gasteiger partial charge is 0.225 e. The minimum atomic E-state index is 0.0767. The predicted octanol–water partition coefficient (Wildman–Crippen LogP) is 1.81. The highest BCUT2D eigenvalue weighted by Gasteiger charge is 2.10. The average molecular weight is 319 g/mol. The number of nitrogens with one attached hydrogen (secondary N) is 2. The maximum absolute atomic E-state index is 12.1. The van der Waals surface area contributed by atoms with Crippen molar-refractivity contribution < 1.29 is 9.53 Å². The van der Waals surface area contributed by atoms with Crippen LogP contribution < -0.4 is 10.6 Å². The van der Waals surface area contributed by atoms with E-state index in [0.717, 1.165) is 57.1 Å². The van der Waals surface area contributed by atoms with Gasteiger partial charge in [-0.1, -0.05) is 25.1 Å². The number of benzene rings is 1. The summed E-state index contributed by atoms with van der Waals surface area (Å²) in [7, 11) is 0. The van der Waals surface area contributed by atoms with Crippen LogP contribution in [-0.2, 0) is 16.0 Å². The quantitative estimate of drug-likeness (QED) is 0.718. The van der Waals surface area contributed by atoms with Crippen molar-refractivity contribution in [1.29, 1.82) is 0 Å². The van der Waals surface area contributed by atoms with Crippen LogP contribution in [0, 0.1) is 6.92 Å². The molecule has 1 aromatic rings. The molecule has 1 amide bonds. The zero-order valence-corrected chi connectivity index (χ0v) is 14.4. The van der Waals surface area contributed by atoms with Crippen molar-refractivity contribution in [3.05, 3.63) is 29.3 Å². The first-order valence-corrected chi connectivity index (χ1v) is 8.60. The number of anilines is 1. The highest BCUT2D eigenvalue weighted by molar-refractivity contribution is 5.92. The van der Waals surface area contributed by atoms with Crippen molar-refractivity contribution in [3.8, 4) is 0 Å². The summed E-state index contributed by atoms with van der Waals surface area (Å²) < 4.78 is 5.33. The van der Waals surface area contributed by atoms with Gasteiger partial charge in [0.15, 0.2) is 0 Å². The van der Waals surface area contributed by atoms with E-state index in [1.165, 1.54) is 5.56 Å². The van der Waals surface area contributed by atoms with Gasteiger partial charge in [-0.15, -0.1) is 0 Å². The third-order valence-electron chi connectivity index (χ3n) is 4.24. The lowest BCUT2D eigenvalue weighted by Crippen LogP contribution is -2.40. The number of rotatable bonds is 8. The Labute approximate surface area is 139 Å². The fourth-order valence-electron chi connectivity index (χ4n) is 2.79. The Bertz CT molecular complexity index is 499. The first-order chi connectivity index (χ1) is 11.2. The number of hydrogen-bond donors (Lipinski definition) is 2. The molecule has 0 saturated carbocycles.